The van der Waals surface area contributed by atoms with Gasteiger partial charge < -0.3 is 9.80 Å². The number of fused-ring (bicyclic) bond motifs is 1. The van der Waals surface area contributed by atoms with Crippen molar-refractivity contribution in [2.45, 2.75) is 0 Å². The number of hydrogen-bond acceptors (Lipinski definition) is 6. The Hall–Kier alpha value is -3.10. The van der Waals surface area contributed by atoms with E-state index in [0.717, 1.165) is 24.4 Å². The number of aromatic nitrogens is 1. The summed E-state index contributed by atoms with van der Waals surface area (Å²) >= 11 is 0.873. The highest BCUT2D eigenvalue weighted by Gasteiger charge is 2.21. The van der Waals surface area contributed by atoms with E-state index in [-0.39, 0.29) is 21.7 Å². The lowest BCUT2D eigenvalue weighted by molar-refractivity contribution is 0.0664. The number of nitrogens with zero attached hydrogens (tertiary/aromatic N) is 3. The Morgan fingerprint density at radius 2 is 1.72 bits per heavy atom. The molecule has 0 saturated carbocycles. The first-order valence-electron chi connectivity index (χ1n) is 9.30. The minimum atomic E-state index is -0.335. The standard InChI is InChI=1S/C21H20N4O3S/c1-24-9-11-25(12-10-24)19(27)15-7-8-16-17(13-15)22-21(29-20(16)28)23-18(26)14-5-3-2-4-6-14/h2-8,13H,9-12H2,1H3,(H,22,23,26). The van der Waals surface area contributed by atoms with Crippen LogP contribution in [0.1, 0.15) is 20.7 Å². The molecule has 8 heteroatoms. The van der Waals surface area contributed by atoms with Crippen LogP contribution in [0, 0.1) is 0 Å². The summed E-state index contributed by atoms with van der Waals surface area (Å²) in [5.74, 6) is -0.408. The molecule has 1 saturated heterocycles. The van der Waals surface area contributed by atoms with Gasteiger partial charge >= 0.3 is 0 Å². The van der Waals surface area contributed by atoms with Gasteiger partial charge in [0.05, 0.1) is 10.9 Å². The van der Waals surface area contributed by atoms with Crippen molar-refractivity contribution >= 4 is 39.2 Å². The quantitative estimate of drug-likeness (QED) is 0.719. The molecule has 2 aromatic carbocycles. The van der Waals surface area contributed by atoms with Gasteiger partial charge in [-0.05, 0) is 37.4 Å². The van der Waals surface area contributed by atoms with Gasteiger partial charge in [-0.2, -0.15) is 0 Å². The second-order valence-electron chi connectivity index (χ2n) is 6.95. The van der Waals surface area contributed by atoms with Crippen LogP contribution in [0.5, 0.6) is 0 Å². The number of benzene rings is 2. The molecule has 0 spiro atoms. The number of piperazine rings is 1. The molecule has 0 unspecified atom stereocenters. The number of likely N-dealkylation sites (N-methyl/N-ethyl adjacent to an activating group) is 1. The molecule has 0 bridgehead atoms. The van der Waals surface area contributed by atoms with Crippen LogP contribution < -0.4 is 10.1 Å². The van der Waals surface area contributed by atoms with Crippen LogP contribution >= 0.6 is 11.3 Å². The Bertz CT molecular complexity index is 1120. The van der Waals surface area contributed by atoms with E-state index in [1.54, 1.807) is 42.5 Å². The first-order valence-corrected chi connectivity index (χ1v) is 10.1. The van der Waals surface area contributed by atoms with E-state index in [1.165, 1.54) is 0 Å². The number of rotatable bonds is 3. The minimum absolute atomic E-state index is 0.0725. The normalized spacial score (nSPS) is 14.7. The summed E-state index contributed by atoms with van der Waals surface area (Å²) in [5, 5.41) is 3.32. The van der Waals surface area contributed by atoms with Crippen molar-refractivity contribution in [3.8, 4) is 0 Å². The van der Waals surface area contributed by atoms with E-state index < -0.39 is 0 Å². The van der Waals surface area contributed by atoms with Crippen molar-refractivity contribution in [3.63, 3.8) is 0 Å². The smallest absolute Gasteiger partial charge is 0.257 e. The number of carbonyl (C=O) groups excluding carboxylic acids is 2. The number of carbonyl (C=O) groups is 2. The van der Waals surface area contributed by atoms with Crippen LogP contribution in [0.15, 0.2) is 53.3 Å². The Balaban J connectivity index is 1.61. The number of nitrogens with one attached hydrogen (secondary N) is 1. The van der Waals surface area contributed by atoms with Crippen LogP contribution in [0.25, 0.3) is 10.9 Å². The van der Waals surface area contributed by atoms with Crippen LogP contribution in [0.3, 0.4) is 0 Å². The molecule has 0 aliphatic carbocycles. The van der Waals surface area contributed by atoms with Gasteiger partial charge in [0, 0.05) is 37.3 Å². The Morgan fingerprint density at radius 3 is 2.45 bits per heavy atom. The number of anilines is 1. The van der Waals surface area contributed by atoms with Crippen molar-refractivity contribution in [1.29, 1.82) is 0 Å². The average molecular weight is 408 g/mol. The van der Waals surface area contributed by atoms with Gasteiger partial charge in [-0.1, -0.05) is 29.5 Å². The molecule has 4 rings (SSSR count). The van der Waals surface area contributed by atoms with Gasteiger partial charge in [0.15, 0.2) is 5.13 Å². The molecule has 148 valence electrons. The average Bonchev–Trinajstić information content (AvgIpc) is 2.74. The largest absolute Gasteiger partial charge is 0.336 e. The van der Waals surface area contributed by atoms with Crippen molar-refractivity contribution < 1.29 is 9.59 Å². The predicted molar refractivity (Wildman–Crippen MR) is 114 cm³/mol. The monoisotopic (exact) mass is 408 g/mol. The number of amides is 2. The summed E-state index contributed by atoms with van der Waals surface area (Å²) in [5.41, 5.74) is 1.37. The maximum absolute atomic E-state index is 12.8. The molecule has 1 aromatic heterocycles. The molecule has 1 N–H and O–H groups in total. The summed E-state index contributed by atoms with van der Waals surface area (Å²) in [6.07, 6.45) is 0. The zero-order valence-electron chi connectivity index (χ0n) is 15.9. The second-order valence-corrected chi connectivity index (χ2v) is 7.92. The molecule has 29 heavy (non-hydrogen) atoms. The summed E-state index contributed by atoms with van der Waals surface area (Å²) in [7, 11) is 2.03. The molecule has 2 amide bonds. The zero-order chi connectivity index (χ0) is 20.4. The first-order chi connectivity index (χ1) is 14.0. The van der Waals surface area contributed by atoms with Crippen molar-refractivity contribution in [1.82, 2.24) is 14.8 Å². The molecule has 0 atom stereocenters. The summed E-state index contributed by atoms with van der Waals surface area (Å²) < 4.78 is -0.211. The number of hydrogen-bond donors (Lipinski definition) is 1. The Kier molecular flexibility index (Phi) is 5.37. The minimum Gasteiger partial charge on any atom is -0.336 e. The van der Waals surface area contributed by atoms with Crippen LogP contribution in [-0.2, 0) is 0 Å². The summed E-state index contributed by atoms with van der Waals surface area (Å²) in [4.78, 5) is 46.0. The maximum Gasteiger partial charge on any atom is 0.257 e. The van der Waals surface area contributed by atoms with E-state index in [1.807, 2.05) is 18.0 Å². The van der Waals surface area contributed by atoms with Gasteiger partial charge in [-0.15, -0.1) is 0 Å². The second kappa shape index (κ2) is 8.10. The lowest BCUT2D eigenvalue weighted by atomic mass is 10.1. The lowest BCUT2D eigenvalue weighted by Gasteiger charge is -2.32. The van der Waals surface area contributed by atoms with Crippen molar-refractivity contribution in [3.05, 3.63) is 69.2 Å². The highest BCUT2D eigenvalue weighted by atomic mass is 32.1. The molecule has 2 heterocycles. The van der Waals surface area contributed by atoms with E-state index in [9.17, 15) is 14.4 Å². The van der Waals surface area contributed by atoms with E-state index >= 15 is 0 Å². The topological polar surface area (TPSA) is 82.6 Å². The van der Waals surface area contributed by atoms with Gasteiger partial charge in [0.1, 0.15) is 0 Å². The van der Waals surface area contributed by atoms with Crippen molar-refractivity contribution in [2.24, 2.45) is 0 Å². The predicted octanol–water partition coefficient (Wildman–Crippen LogP) is 2.30. The molecule has 1 aliphatic rings. The lowest BCUT2D eigenvalue weighted by Crippen LogP contribution is -2.47. The molecule has 7 nitrogen and oxygen atoms in total. The summed E-state index contributed by atoms with van der Waals surface area (Å²) in [6.45, 7) is 3.00. The van der Waals surface area contributed by atoms with Crippen LogP contribution in [-0.4, -0.2) is 59.8 Å². The zero-order valence-corrected chi connectivity index (χ0v) is 16.7. The van der Waals surface area contributed by atoms with E-state index in [0.29, 0.717) is 35.1 Å². The van der Waals surface area contributed by atoms with Gasteiger partial charge in [0.2, 0.25) is 4.74 Å². The fourth-order valence-corrected chi connectivity index (χ4v) is 3.96. The van der Waals surface area contributed by atoms with Crippen LogP contribution in [0.4, 0.5) is 5.13 Å². The van der Waals surface area contributed by atoms with Gasteiger partial charge in [-0.25, -0.2) is 4.98 Å². The first kappa shape index (κ1) is 19.2. The molecular weight excluding hydrogens is 388 g/mol. The molecule has 1 aliphatic heterocycles. The van der Waals surface area contributed by atoms with Gasteiger partial charge in [-0.3, -0.25) is 19.7 Å². The van der Waals surface area contributed by atoms with E-state index in [4.69, 9.17) is 0 Å². The Labute approximate surface area is 171 Å². The molecule has 3 aromatic rings. The highest BCUT2D eigenvalue weighted by molar-refractivity contribution is 7.13. The third kappa shape index (κ3) is 4.18. The third-order valence-corrected chi connectivity index (χ3v) is 5.71. The van der Waals surface area contributed by atoms with Gasteiger partial charge in [0.25, 0.3) is 11.8 Å². The van der Waals surface area contributed by atoms with Crippen molar-refractivity contribution in [2.75, 3.05) is 38.5 Å². The fraction of sp³-hybridized carbons (Fsp3) is 0.238. The molecule has 0 radical (unpaired) electrons. The molecular formula is C21H20N4O3S. The summed E-state index contributed by atoms with van der Waals surface area (Å²) in [6, 6.07) is 13.7. The van der Waals surface area contributed by atoms with E-state index in [2.05, 4.69) is 15.2 Å². The third-order valence-electron chi connectivity index (χ3n) is 4.92. The highest BCUT2D eigenvalue weighted by Crippen LogP contribution is 2.19. The maximum atomic E-state index is 12.8. The molecule has 1 fully saturated rings. The Morgan fingerprint density at radius 1 is 1.00 bits per heavy atom. The van der Waals surface area contributed by atoms with Crippen LogP contribution in [0.2, 0.25) is 0 Å². The fourth-order valence-electron chi connectivity index (χ4n) is 3.21. The SMILES string of the molecule is CN1CCN(C(=O)c2ccc3c(=O)sc(NC(=O)c4ccccc4)nc3c2)CC1.